The van der Waals surface area contributed by atoms with Gasteiger partial charge < -0.3 is 10.2 Å². The van der Waals surface area contributed by atoms with E-state index in [0.29, 0.717) is 18.6 Å². The maximum Gasteiger partial charge on any atom is 0.309 e. The maximum atomic E-state index is 12.7. The van der Waals surface area contributed by atoms with Gasteiger partial charge in [0, 0.05) is 12.3 Å². The lowest BCUT2D eigenvalue weighted by Gasteiger charge is -2.19. The third-order valence-electron chi connectivity index (χ3n) is 18.9. The van der Waals surface area contributed by atoms with E-state index in [9.17, 15) is 19.8 Å². The number of carbonyl (C=O) groups is 2. The summed E-state index contributed by atoms with van der Waals surface area (Å²) in [5.41, 5.74) is 0. The number of rotatable bonds is 72. The Morgan fingerprint density at radius 2 is 0.425 bits per heavy atom. The summed E-state index contributed by atoms with van der Waals surface area (Å²) in [5.74, 6) is -0.586. The van der Waals surface area contributed by atoms with Gasteiger partial charge in [-0.05, 0) is 25.7 Å². The zero-order chi connectivity index (χ0) is 58.0. The summed E-state index contributed by atoms with van der Waals surface area (Å²) < 4.78 is 0. The van der Waals surface area contributed by atoms with Crippen LogP contribution < -0.4 is 0 Å². The van der Waals surface area contributed by atoms with Gasteiger partial charge >= 0.3 is 5.97 Å². The molecule has 0 aromatic rings. The van der Waals surface area contributed by atoms with Crippen LogP contribution in [0.5, 0.6) is 0 Å². The van der Waals surface area contributed by atoms with Crippen LogP contribution in [0.4, 0.5) is 0 Å². The Kier molecular flexibility index (Phi) is 68.1. The van der Waals surface area contributed by atoms with Crippen LogP contribution in [0.2, 0.25) is 0 Å². The summed E-state index contributed by atoms with van der Waals surface area (Å²) in [6.07, 6.45) is 90.0. The Morgan fingerprint density at radius 1 is 0.250 bits per heavy atom. The lowest BCUT2D eigenvalue weighted by atomic mass is 9.91. The van der Waals surface area contributed by atoms with Crippen LogP contribution in [-0.4, -0.2) is 28.1 Å². The average Bonchev–Trinajstić information content (AvgIpc) is 3.45. The zero-order valence-corrected chi connectivity index (χ0v) is 55.5. The molecule has 0 saturated heterocycles. The third-order valence-corrected chi connectivity index (χ3v) is 18.9. The minimum atomic E-state index is -0.803. The molecule has 0 rings (SSSR count). The zero-order valence-electron chi connectivity index (χ0n) is 55.5. The highest BCUT2D eigenvalue weighted by Crippen LogP contribution is 2.24. The fourth-order valence-corrected chi connectivity index (χ4v) is 13.0. The van der Waals surface area contributed by atoms with Gasteiger partial charge in [0.05, 0.1) is 12.0 Å². The molecule has 0 aliphatic rings. The Morgan fingerprint density at radius 3 is 0.637 bits per heavy atom. The standard InChI is InChI=1S/C76H150O4/c1-4-6-8-10-12-14-16-18-20-22-24-33-37-41-45-49-53-57-61-65-69-73(76(79)80)75(78)71-67-63-59-55-51-47-43-39-35-32-30-28-26-25-27-29-31-34-38-42-46-50-54-58-62-66-70-74(77)72(3)68-64-60-56-52-48-44-40-36-23-21-19-17-15-13-11-9-7-5-2/h72-73,75,78H,4-71H2,1-3H3,(H,79,80). The number of aliphatic carboxylic acids is 1. The first-order valence-corrected chi connectivity index (χ1v) is 37.9. The number of aliphatic hydroxyl groups is 1. The van der Waals surface area contributed by atoms with E-state index in [1.54, 1.807) is 0 Å². The first-order chi connectivity index (χ1) is 39.4. The topological polar surface area (TPSA) is 74.6 Å². The summed E-state index contributed by atoms with van der Waals surface area (Å²) >= 11 is 0. The molecule has 0 spiro atoms. The molecule has 478 valence electrons. The van der Waals surface area contributed by atoms with E-state index in [-0.39, 0.29) is 5.92 Å². The molecular formula is C76H150O4. The van der Waals surface area contributed by atoms with Crippen molar-refractivity contribution in [1.82, 2.24) is 0 Å². The molecule has 0 bridgehead atoms. The van der Waals surface area contributed by atoms with Crippen molar-refractivity contribution in [2.45, 2.75) is 463 Å². The van der Waals surface area contributed by atoms with Gasteiger partial charge in [-0.3, -0.25) is 9.59 Å². The van der Waals surface area contributed by atoms with E-state index in [0.717, 1.165) is 44.9 Å². The second-order valence-electron chi connectivity index (χ2n) is 26.9. The van der Waals surface area contributed by atoms with Crippen molar-refractivity contribution in [3.05, 3.63) is 0 Å². The quantitative estimate of drug-likeness (QED) is 0.0595. The normalized spacial score (nSPS) is 12.9. The van der Waals surface area contributed by atoms with Gasteiger partial charge in [-0.2, -0.15) is 0 Å². The molecule has 0 fully saturated rings. The van der Waals surface area contributed by atoms with Gasteiger partial charge in [-0.25, -0.2) is 0 Å². The molecule has 0 aromatic carbocycles. The number of unbranched alkanes of at least 4 members (excludes halogenated alkanes) is 61. The van der Waals surface area contributed by atoms with Crippen molar-refractivity contribution in [2.75, 3.05) is 0 Å². The smallest absolute Gasteiger partial charge is 0.309 e. The van der Waals surface area contributed by atoms with Crippen LogP contribution in [0.3, 0.4) is 0 Å². The van der Waals surface area contributed by atoms with E-state index in [4.69, 9.17) is 0 Å². The van der Waals surface area contributed by atoms with Gasteiger partial charge in [0.15, 0.2) is 0 Å². The van der Waals surface area contributed by atoms with E-state index in [1.165, 1.54) is 379 Å². The Bertz CT molecular complexity index is 1170. The van der Waals surface area contributed by atoms with Gasteiger partial charge in [-0.1, -0.05) is 425 Å². The summed E-state index contributed by atoms with van der Waals surface area (Å²) in [6, 6.07) is 0. The number of Topliss-reactive ketones (excluding diaryl/α,β-unsaturated/α-hetero) is 1. The molecule has 0 amide bonds. The summed E-state index contributed by atoms with van der Waals surface area (Å²) in [5, 5.41) is 20.5. The number of carboxylic acids is 1. The molecule has 80 heavy (non-hydrogen) atoms. The molecule has 0 aliphatic heterocycles. The molecule has 0 aromatic heterocycles. The van der Waals surface area contributed by atoms with Crippen molar-refractivity contribution in [3.63, 3.8) is 0 Å². The Balaban J connectivity index is 3.38. The molecule has 2 N–H and O–H groups in total. The fraction of sp³-hybridized carbons (Fsp3) is 0.974. The van der Waals surface area contributed by atoms with Gasteiger partial charge in [0.2, 0.25) is 0 Å². The molecule has 0 saturated carbocycles. The highest BCUT2D eigenvalue weighted by molar-refractivity contribution is 5.80. The van der Waals surface area contributed by atoms with Gasteiger partial charge in [0.25, 0.3) is 0 Å². The largest absolute Gasteiger partial charge is 0.481 e. The average molecular weight is 1130 g/mol. The van der Waals surface area contributed by atoms with Crippen molar-refractivity contribution in [2.24, 2.45) is 11.8 Å². The van der Waals surface area contributed by atoms with Crippen LogP contribution in [0.1, 0.15) is 457 Å². The molecule has 0 heterocycles. The van der Waals surface area contributed by atoms with Crippen LogP contribution in [0.25, 0.3) is 0 Å². The monoisotopic (exact) mass is 1130 g/mol. The van der Waals surface area contributed by atoms with Gasteiger partial charge in [0.1, 0.15) is 5.78 Å². The van der Waals surface area contributed by atoms with Crippen LogP contribution in [0.15, 0.2) is 0 Å². The number of carboxylic acid groups (broad SMARTS) is 1. The minimum Gasteiger partial charge on any atom is -0.481 e. The number of carbonyl (C=O) groups excluding carboxylic acids is 1. The second kappa shape index (κ2) is 68.9. The van der Waals surface area contributed by atoms with Crippen molar-refractivity contribution < 1.29 is 19.8 Å². The molecule has 0 radical (unpaired) electrons. The first kappa shape index (κ1) is 79.1. The Hall–Kier alpha value is -0.900. The lowest BCUT2D eigenvalue weighted by Crippen LogP contribution is -2.28. The second-order valence-corrected chi connectivity index (χ2v) is 26.9. The molecule has 0 aliphatic carbocycles. The minimum absolute atomic E-state index is 0.276. The predicted molar refractivity (Wildman–Crippen MR) is 357 cm³/mol. The summed E-state index contributed by atoms with van der Waals surface area (Å²) in [4.78, 5) is 24.6. The number of hydrogen-bond donors (Lipinski definition) is 2. The summed E-state index contributed by atoms with van der Waals surface area (Å²) in [7, 11) is 0. The van der Waals surface area contributed by atoms with Crippen LogP contribution >= 0.6 is 0 Å². The lowest BCUT2D eigenvalue weighted by molar-refractivity contribution is -0.146. The number of ketones is 1. The fourth-order valence-electron chi connectivity index (χ4n) is 13.0. The van der Waals surface area contributed by atoms with Crippen molar-refractivity contribution in [3.8, 4) is 0 Å². The molecular weight excluding hydrogens is 977 g/mol. The highest BCUT2D eigenvalue weighted by Gasteiger charge is 2.25. The van der Waals surface area contributed by atoms with Crippen molar-refractivity contribution in [1.29, 1.82) is 0 Å². The molecule has 4 heteroatoms. The molecule has 3 atom stereocenters. The Labute approximate surface area is 504 Å². The SMILES string of the molecule is CCCCCCCCCCCCCCCCCCCCCCC(C(=O)O)C(O)CCCCCCCCCCCCCCCCCCCCCCCCCCCCC(=O)C(C)CCCCCCCCCCCCCCCCCCCC. The maximum absolute atomic E-state index is 12.7. The summed E-state index contributed by atoms with van der Waals surface area (Å²) in [6.45, 7) is 6.78. The predicted octanol–water partition coefficient (Wildman–Crippen LogP) is 26.8. The highest BCUT2D eigenvalue weighted by atomic mass is 16.4. The van der Waals surface area contributed by atoms with Crippen LogP contribution in [0, 0.1) is 11.8 Å². The molecule has 4 nitrogen and oxygen atoms in total. The van der Waals surface area contributed by atoms with E-state index >= 15 is 0 Å². The van der Waals surface area contributed by atoms with E-state index in [1.807, 2.05) is 0 Å². The van der Waals surface area contributed by atoms with Crippen LogP contribution in [-0.2, 0) is 9.59 Å². The van der Waals surface area contributed by atoms with E-state index < -0.39 is 18.0 Å². The van der Waals surface area contributed by atoms with Gasteiger partial charge in [-0.15, -0.1) is 0 Å². The third kappa shape index (κ3) is 63.1. The number of hydrogen-bond acceptors (Lipinski definition) is 3. The number of aliphatic hydroxyl groups excluding tert-OH is 1. The molecule has 3 unspecified atom stereocenters. The van der Waals surface area contributed by atoms with Crippen molar-refractivity contribution >= 4 is 11.8 Å². The van der Waals surface area contributed by atoms with E-state index in [2.05, 4.69) is 20.8 Å². The first-order valence-electron chi connectivity index (χ1n) is 37.9.